The highest BCUT2D eigenvalue weighted by atomic mass is 16.5. The minimum absolute atomic E-state index is 0.0829. The van der Waals surface area contributed by atoms with Crippen LogP contribution in [0.2, 0.25) is 0 Å². The van der Waals surface area contributed by atoms with Gasteiger partial charge in [-0.15, -0.1) is 0 Å². The molecule has 1 aliphatic heterocycles. The van der Waals surface area contributed by atoms with Gasteiger partial charge in [-0.1, -0.05) is 54.6 Å². The first-order chi connectivity index (χ1) is 16.6. The summed E-state index contributed by atoms with van der Waals surface area (Å²) in [5, 5.41) is 3.15. The first-order valence-corrected chi connectivity index (χ1v) is 11.7. The summed E-state index contributed by atoms with van der Waals surface area (Å²) in [6, 6.07) is 18.1. The zero-order chi connectivity index (χ0) is 23.5. The van der Waals surface area contributed by atoms with Gasteiger partial charge in [0, 0.05) is 37.8 Å². The van der Waals surface area contributed by atoms with Gasteiger partial charge in [0.1, 0.15) is 5.69 Å². The zero-order valence-corrected chi connectivity index (χ0v) is 19.2. The predicted octanol–water partition coefficient (Wildman–Crippen LogP) is 3.43. The molecule has 0 bridgehead atoms. The molecule has 2 aliphatic rings. The summed E-state index contributed by atoms with van der Waals surface area (Å²) >= 11 is 0. The maximum atomic E-state index is 13.0. The number of hydrogen-bond acceptors (Lipinski definition) is 5. The van der Waals surface area contributed by atoms with E-state index in [-0.39, 0.29) is 29.4 Å². The quantitative estimate of drug-likeness (QED) is 0.636. The molecule has 2 amide bonds. The molecule has 2 aromatic carbocycles. The standard InChI is InChI=1S/C27H28N4O3/c1-19(32)30-24-21-9-5-6-10-22(21)27(25(24)34-18-20-7-3-2-4-8-20)11-15-31(16-12-27)26(33)23-17-28-13-14-29-23/h2-10,13-14,17,24-25H,11-12,15-16,18H2,1H3,(H,30,32)/t24-,25+/m0/s1. The Bertz CT molecular complexity index is 1160. The van der Waals surface area contributed by atoms with E-state index in [1.165, 1.54) is 18.0 Å². The number of ether oxygens (including phenoxy) is 1. The predicted molar refractivity (Wildman–Crippen MR) is 127 cm³/mol. The fraction of sp³-hybridized carbons (Fsp3) is 0.333. The van der Waals surface area contributed by atoms with Crippen molar-refractivity contribution in [3.63, 3.8) is 0 Å². The lowest BCUT2D eigenvalue weighted by molar-refractivity contribution is -0.122. The molecule has 1 aromatic heterocycles. The van der Waals surface area contributed by atoms with Crippen LogP contribution in [0.15, 0.2) is 73.2 Å². The molecule has 7 nitrogen and oxygen atoms in total. The second kappa shape index (κ2) is 9.35. The summed E-state index contributed by atoms with van der Waals surface area (Å²) in [5.41, 5.74) is 3.46. The Morgan fingerprint density at radius 1 is 1.06 bits per heavy atom. The third kappa shape index (κ3) is 4.07. The van der Waals surface area contributed by atoms with Crippen molar-refractivity contribution in [2.24, 2.45) is 0 Å². The molecule has 1 fully saturated rings. The second-order valence-corrected chi connectivity index (χ2v) is 9.02. The molecular weight excluding hydrogens is 428 g/mol. The van der Waals surface area contributed by atoms with E-state index in [0.29, 0.717) is 25.4 Å². The molecule has 0 radical (unpaired) electrons. The van der Waals surface area contributed by atoms with Crippen molar-refractivity contribution in [3.8, 4) is 0 Å². The van der Waals surface area contributed by atoms with Crippen LogP contribution in [0.3, 0.4) is 0 Å². The van der Waals surface area contributed by atoms with Crippen LogP contribution in [0.5, 0.6) is 0 Å². The lowest BCUT2D eigenvalue weighted by Crippen LogP contribution is -2.52. The Balaban J connectivity index is 1.44. The summed E-state index contributed by atoms with van der Waals surface area (Å²) in [5.74, 6) is -0.185. The number of aromatic nitrogens is 2. The number of nitrogens with one attached hydrogen (secondary N) is 1. The van der Waals surface area contributed by atoms with E-state index in [1.54, 1.807) is 13.1 Å². The minimum atomic E-state index is -0.294. The van der Waals surface area contributed by atoms with Crippen molar-refractivity contribution in [2.45, 2.75) is 43.9 Å². The molecule has 3 aromatic rings. The Kier molecular flexibility index (Phi) is 6.11. The van der Waals surface area contributed by atoms with Crippen LogP contribution in [0.4, 0.5) is 0 Å². The van der Waals surface area contributed by atoms with Gasteiger partial charge in [0.25, 0.3) is 5.91 Å². The van der Waals surface area contributed by atoms with E-state index >= 15 is 0 Å². The molecule has 7 heteroatoms. The highest BCUT2D eigenvalue weighted by Gasteiger charge is 2.54. The molecule has 2 atom stereocenters. The summed E-state index contributed by atoms with van der Waals surface area (Å²) in [6.45, 7) is 3.17. The van der Waals surface area contributed by atoms with Crippen LogP contribution in [-0.2, 0) is 21.6 Å². The number of amides is 2. The number of piperidine rings is 1. The van der Waals surface area contributed by atoms with Gasteiger partial charge in [-0.05, 0) is 29.5 Å². The third-order valence-corrected chi connectivity index (χ3v) is 7.04. The topological polar surface area (TPSA) is 84.4 Å². The summed E-state index contributed by atoms with van der Waals surface area (Å²) < 4.78 is 6.62. The van der Waals surface area contributed by atoms with Gasteiger partial charge in [-0.3, -0.25) is 14.6 Å². The maximum absolute atomic E-state index is 13.0. The Labute approximate surface area is 199 Å². The van der Waals surface area contributed by atoms with Gasteiger partial charge >= 0.3 is 0 Å². The molecule has 2 heterocycles. The van der Waals surface area contributed by atoms with Crippen LogP contribution in [0.25, 0.3) is 0 Å². The number of nitrogens with zero attached hydrogens (tertiary/aromatic N) is 3. The molecule has 0 unspecified atom stereocenters. The van der Waals surface area contributed by atoms with E-state index in [9.17, 15) is 9.59 Å². The van der Waals surface area contributed by atoms with E-state index in [1.807, 2.05) is 47.4 Å². The van der Waals surface area contributed by atoms with Crippen LogP contribution in [0, 0.1) is 0 Å². The minimum Gasteiger partial charge on any atom is -0.370 e. The SMILES string of the molecule is CC(=O)N[C@H]1c2ccccc2C2(CCN(C(=O)c3cnccn3)CC2)[C@@H]1OCc1ccccc1. The van der Waals surface area contributed by atoms with Crippen molar-refractivity contribution >= 4 is 11.8 Å². The van der Waals surface area contributed by atoms with Crippen LogP contribution in [-0.4, -0.2) is 45.9 Å². The average molecular weight is 457 g/mol. The van der Waals surface area contributed by atoms with E-state index in [0.717, 1.165) is 24.0 Å². The smallest absolute Gasteiger partial charge is 0.274 e. The largest absolute Gasteiger partial charge is 0.370 e. The fourth-order valence-electron chi connectivity index (χ4n) is 5.48. The number of carbonyl (C=O) groups is 2. The number of carbonyl (C=O) groups excluding carboxylic acids is 2. The zero-order valence-electron chi connectivity index (χ0n) is 19.2. The Morgan fingerprint density at radius 3 is 2.50 bits per heavy atom. The third-order valence-electron chi connectivity index (χ3n) is 7.04. The lowest BCUT2D eigenvalue weighted by atomic mass is 9.71. The maximum Gasteiger partial charge on any atom is 0.274 e. The van der Waals surface area contributed by atoms with Crippen molar-refractivity contribution in [2.75, 3.05) is 13.1 Å². The first-order valence-electron chi connectivity index (χ1n) is 11.7. The number of benzene rings is 2. The Morgan fingerprint density at radius 2 is 1.79 bits per heavy atom. The van der Waals surface area contributed by atoms with Gasteiger partial charge in [-0.25, -0.2) is 4.98 Å². The molecule has 34 heavy (non-hydrogen) atoms. The normalized spacial score (nSPS) is 20.7. The van der Waals surface area contributed by atoms with Gasteiger partial charge in [0.2, 0.25) is 5.91 Å². The fourth-order valence-corrected chi connectivity index (χ4v) is 5.48. The number of likely N-dealkylation sites (tertiary alicyclic amines) is 1. The summed E-state index contributed by atoms with van der Waals surface area (Å²) in [7, 11) is 0. The Hall–Kier alpha value is -3.58. The molecule has 1 spiro atoms. The number of fused-ring (bicyclic) bond motifs is 2. The molecule has 1 aliphatic carbocycles. The first kappa shape index (κ1) is 22.2. The van der Waals surface area contributed by atoms with Crippen LogP contribution < -0.4 is 5.32 Å². The molecule has 5 rings (SSSR count). The highest BCUT2D eigenvalue weighted by Crippen LogP contribution is 2.52. The van der Waals surface area contributed by atoms with Crippen molar-refractivity contribution in [1.29, 1.82) is 0 Å². The second-order valence-electron chi connectivity index (χ2n) is 9.02. The van der Waals surface area contributed by atoms with E-state index < -0.39 is 0 Å². The van der Waals surface area contributed by atoms with E-state index in [4.69, 9.17) is 4.74 Å². The van der Waals surface area contributed by atoms with Crippen molar-refractivity contribution in [3.05, 3.63) is 95.6 Å². The molecule has 0 saturated carbocycles. The van der Waals surface area contributed by atoms with Crippen LogP contribution in [0.1, 0.15) is 53.0 Å². The van der Waals surface area contributed by atoms with Gasteiger partial charge in [0.15, 0.2) is 0 Å². The monoisotopic (exact) mass is 456 g/mol. The average Bonchev–Trinajstić information content (AvgIpc) is 3.12. The van der Waals surface area contributed by atoms with Gasteiger partial charge in [0.05, 0.1) is 24.9 Å². The molecule has 1 saturated heterocycles. The van der Waals surface area contributed by atoms with E-state index in [2.05, 4.69) is 27.4 Å². The summed E-state index contributed by atoms with van der Waals surface area (Å²) in [4.78, 5) is 35.2. The van der Waals surface area contributed by atoms with Crippen LogP contribution >= 0.6 is 0 Å². The molecule has 1 N–H and O–H groups in total. The lowest BCUT2D eigenvalue weighted by Gasteiger charge is -2.44. The molecular formula is C27H28N4O3. The van der Waals surface area contributed by atoms with Crippen molar-refractivity contribution in [1.82, 2.24) is 20.2 Å². The molecule has 174 valence electrons. The van der Waals surface area contributed by atoms with Gasteiger partial charge < -0.3 is 15.0 Å². The summed E-state index contributed by atoms with van der Waals surface area (Å²) in [6.07, 6.45) is 5.86. The number of rotatable bonds is 5. The number of hydrogen-bond donors (Lipinski definition) is 1. The van der Waals surface area contributed by atoms with Crippen molar-refractivity contribution < 1.29 is 14.3 Å². The highest BCUT2D eigenvalue weighted by molar-refractivity contribution is 5.92. The van der Waals surface area contributed by atoms with Gasteiger partial charge in [-0.2, -0.15) is 0 Å².